The van der Waals surface area contributed by atoms with Crippen molar-refractivity contribution in [2.24, 2.45) is 5.41 Å². The van der Waals surface area contributed by atoms with Crippen molar-refractivity contribution < 1.29 is 14.4 Å². The van der Waals surface area contributed by atoms with Crippen molar-refractivity contribution in [2.45, 2.75) is 63.5 Å². The molecule has 1 saturated carbocycles. The monoisotopic (exact) mass is 728 g/mol. The summed E-state index contributed by atoms with van der Waals surface area (Å²) >= 11 is 0. The largest absolute Gasteiger partial charge is 0.370 e. The van der Waals surface area contributed by atoms with Gasteiger partial charge in [0, 0.05) is 87.0 Å². The highest BCUT2D eigenvalue weighted by atomic mass is 16.2. The molecular formula is C40H44N10O4. The number of imide groups is 1. The maximum Gasteiger partial charge on any atom is 0.270 e. The van der Waals surface area contributed by atoms with Gasteiger partial charge in [-0.25, -0.2) is 9.97 Å². The predicted octanol–water partition coefficient (Wildman–Crippen LogP) is 4.79. The molecule has 4 aromatic heterocycles. The normalized spacial score (nSPS) is 20.1. The summed E-state index contributed by atoms with van der Waals surface area (Å²) in [5.41, 5.74) is 3.53. The summed E-state index contributed by atoms with van der Waals surface area (Å²) in [6, 6.07) is 13.4. The minimum atomic E-state index is -0.678. The van der Waals surface area contributed by atoms with E-state index in [1.807, 2.05) is 36.5 Å². The van der Waals surface area contributed by atoms with Gasteiger partial charge in [0.05, 0.1) is 11.9 Å². The van der Waals surface area contributed by atoms with Crippen molar-refractivity contribution in [1.29, 1.82) is 0 Å². The highest BCUT2D eigenvalue weighted by Gasteiger charge is 2.45. The quantitative estimate of drug-likeness (QED) is 0.224. The average Bonchev–Trinajstić information content (AvgIpc) is 3.83. The van der Waals surface area contributed by atoms with Gasteiger partial charge in [0.25, 0.3) is 11.5 Å². The zero-order chi connectivity index (χ0) is 37.1. The van der Waals surface area contributed by atoms with Crippen molar-refractivity contribution in [3.8, 4) is 0 Å². The van der Waals surface area contributed by atoms with E-state index in [0.29, 0.717) is 29.3 Å². The van der Waals surface area contributed by atoms with Gasteiger partial charge in [0.1, 0.15) is 23.2 Å². The third-order valence-corrected chi connectivity index (χ3v) is 11.9. The lowest BCUT2D eigenvalue weighted by Gasteiger charge is -2.55. The molecule has 1 atom stereocenters. The Bertz CT molecular complexity index is 2340. The van der Waals surface area contributed by atoms with Crippen LogP contribution in [0.5, 0.6) is 0 Å². The smallest absolute Gasteiger partial charge is 0.270 e. The molecule has 1 unspecified atom stereocenters. The first-order valence-corrected chi connectivity index (χ1v) is 19.0. The second-order valence-corrected chi connectivity index (χ2v) is 15.6. The molecule has 7 heterocycles. The molecule has 3 amide bonds. The molecule has 3 saturated heterocycles. The minimum Gasteiger partial charge on any atom is -0.370 e. The predicted molar refractivity (Wildman–Crippen MR) is 206 cm³/mol. The lowest BCUT2D eigenvalue weighted by Crippen LogP contribution is -2.60. The maximum atomic E-state index is 13.5. The number of carbonyl (C=O) groups is 3. The van der Waals surface area contributed by atoms with Gasteiger partial charge in [-0.1, -0.05) is 18.9 Å². The Hall–Kier alpha value is -5.79. The summed E-state index contributed by atoms with van der Waals surface area (Å²) in [5.74, 6) is 0.352. The van der Waals surface area contributed by atoms with Gasteiger partial charge < -0.3 is 29.2 Å². The molecule has 0 radical (unpaired) electrons. The van der Waals surface area contributed by atoms with Gasteiger partial charge in [-0.2, -0.15) is 4.98 Å². The number of hydrogen-bond acceptors (Lipinski definition) is 10. The number of anilines is 4. The van der Waals surface area contributed by atoms with Crippen LogP contribution >= 0.6 is 0 Å². The van der Waals surface area contributed by atoms with Crippen LogP contribution in [-0.4, -0.2) is 87.0 Å². The molecule has 2 N–H and O–H groups in total. The van der Waals surface area contributed by atoms with Crippen LogP contribution in [0.4, 0.5) is 23.1 Å². The van der Waals surface area contributed by atoms with Crippen molar-refractivity contribution in [1.82, 2.24) is 34.3 Å². The molecule has 14 nitrogen and oxygen atoms in total. The lowest BCUT2D eigenvalue weighted by atomic mass is 9.71. The van der Waals surface area contributed by atoms with E-state index in [1.165, 1.54) is 4.57 Å². The molecule has 3 aliphatic heterocycles. The van der Waals surface area contributed by atoms with E-state index >= 15 is 0 Å². The summed E-state index contributed by atoms with van der Waals surface area (Å²) < 4.78 is 3.58. The average molecular weight is 729 g/mol. The second-order valence-electron chi connectivity index (χ2n) is 15.6. The Morgan fingerprint density at radius 1 is 0.889 bits per heavy atom. The first-order chi connectivity index (χ1) is 26.1. The zero-order valence-corrected chi connectivity index (χ0v) is 30.6. The van der Waals surface area contributed by atoms with Crippen molar-refractivity contribution >= 4 is 62.7 Å². The number of carbonyl (C=O) groups excluding carboxylic acids is 3. The molecule has 54 heavy (non-hydrogen) atoms. The SMILES string of the molecule is CN(C)C(=O)c1cc2cnc(Nc3ccc(N4CCC5(CC4)CN(c4ccc6ccn(C7CCC(=O)NC7=O)c(=O)c6c4)C5)cn3)nc2n1C1CCCC1. The Kier molecular flexibility index (Phi) is 8.35. The molecule has 1 aromatic carbocycles. The van der Waals surface area contributed by atoms with E-state index in [-0.39, 0.29) is 35.3 Å². The summed E-state index contributed by atoms with van der Waals surface area (Å²) in [5, 5.41) is 7.90. The number of fused-ring (bicyclic) bond motifs is 2. The van der Waals surface area contributed by atoms with Crippen LogP contribution in [0.25, 0.3) is 21.8 Å². The molecular weight excluding hydrogens is 685 g/mol. The number of hydrogen-bond donors (Lipinski definition) is 2. The molecule has 278 valence electrons. The number of benzene rings is 1. The maximum absolute atomic E-state index is 13.5. The Morgan fingerprint density at radius 3 is 2.39 bits per heavy atom. The van der Waals surface area contributed by atoms with Gasteiger partial charge in [-0.05, 0) is 73.9 Å². The number of amides is 3. The van der Waals surface area contributed by atoms with E-state index in [2.05, 4.69) is 42.1 Å². The van der Waals surface area contributed by atoms with Gasteiger partial charge >= 0.3 is 0 Å². The second kappa shape index (κ2) is 13.3. The summed E-state index contributed by atoms with van der Waals surface area (Å²) in [7, 11) is 3.55. The fourth-order valence-electron chi connectivity index (χ4n) is 8.89. The van der Waals surface area contributed by atoms with Crippen LogP contribution in [0.2, 0.25) is 0 Å². The lowest BCUT2D eigenvalue weighted by molar-refractivity contribution is -0.135. The molecule has 4 fully saturated rings. The molecule has 1 spiro atoms. The van der Waals surface area contributed by atoms with Gasteiger partial charge in [-0.15, -0.1) is 0 Å². The van der Waals surface area contributed by atoms with Crippen LogP contribution in [0.15, 0.2) is 65.8 Å². The summed E-state index contributed by atoms with van der Waals surface area (Å²) in [6.07, 6.45) is 12.4. The van der Waals surface area contributed by atoms with Crippen molar-refractivity contribution in [2.75, 3.05) is 55.4 Å². The van der Waals surface area contributed by atoms with E-state index in [0.717, 1.165) is 92.5 Å². The van der Waals surface area contributed by atoms with Crippen LogP contribution < -0.4 is 26.0 Å². The number of rotatable bonds is 7. The van der Waals surface area contributed by atoms with Crippen LogP contribution in [0, 0.1) is 5.41 Å². The van der Waals surface area contributed by atoms with E-state index in [9.17, 15) is 19.2 Å². The molecule has 4 aliphatic rings. The van der Waals surface area contributed by atoms with Gasteiger partial charge in [0.15, 0.2) is 0 Å². The number of aromatic nitrogens is 5. The first kappa shape index (κ1) is 34.0. The Balaban J connectivity index is 0.837. The molecule has 1 aliphatic carbocycles. The summed E-state index contributed by atoms with van der Waals surface area (Å²) in [4.78, 5) is 71.2. The fraction of sp³-hybridized carbons (Fsp3) is 0.425. The molecule has 14 heteroatoms. The minimum absolute atomic E-state index is 0.0310. The van der Waals surface area contributed by atoms with Crippen LogP contribution in [0.3, 0.4) is 0 Å². The molecule has 5 aromatic rings. The molecule has 0 bridgehead atoms. The third kappa shape index (κ3) is 6.02. The number of nitrogens with zero attached hydrogens (tertiary/aromatic N) is 8. The van der Waals surface area contributed by atoms with E-state index in [1.54, 1.807) is 31.4 Å². The number of pyridine rings is 2. The standard InChI is InChI=1S/C40H44N10O4/c1-46(2)38(54)32-19-26-21-42-39(45-35(26)50(32)27-5-3-4-6-27)43-33-11-9-29(22-41-33)47-17-14-40(15-18-47)23-48(24-40)28-8-7-25-13-16-49(37(53)30(25)20-28)31-10-12-34(51)44-36(31)52/h7-9,11,13,16,19-22,27,31H,3-6,10,12,14-15,17-18,23-24H2,1-2H3,(H,44,51,52)(H,41,42,43,45). The highest BCUT2D eigenvalue weighted by molar-refractivity contribution is 6.00. The van der Waals surface area contributed by atoms with E-state index < -0.39 is 11.9 Å². The fourth-order valence-corrected chi connectivity index (χ4v) is 8.89. The molecule has 9 rings (SSSR count). The van der Waals surface area contributed by atoms with Gasteiger partial charge in [-0.3, -0.25) is 24.5 Å². The van der Waals surface area contributed by atoms with Crippen molar-refractivity contribution in [3.63, 3.8) is 0 Å². The van der Waals surface area contributed by atoms with Crippen molar-refractivity contribution in [3.05, 3.63) is 77.1 Å². The highest BCUT2D eigenvalue weighted by Crippen LogP contribution is 2.44. The first-order valence-electron chi connectivity index (χ1n) is 19.0. The van der Waals surface area contributed by atoms with E-state index in [4.69, 9.17) is 9.97 Å². The Morgan fingerprint density at radius 2 is 1.67 bits per heavy atom. The Labute approximate surface area is 312 Å². The topological polar surface area (TPSA) is 151 Å². The number of piperidine rings is 2. The van der Waals surface area contributed by atoms with Gasteiger partial charge in [0.2, 0.25) is 17.8 Å². The number of nitrogens with one attached hydrogen (secondary N) is 2. The summed E-state index contributed by atoms with van der Waals surface area (Å²) in [6.45, 7) is 3.73. The van der Waals surface area contributed by atoms with Crippen LogP contribution in [0.1, 0.15) is 73.9 Å². The zero-order valence-electron chi connectivity index (χ0n) is 30.6. The van der Waals surface area contributed by atoms with Crippen LogP contribution in [-0.2, 0) is 9.59 Å². The third-order valence-electron chi connectivity index (χ3n) is 11.9.